The molecule has 3 rings (SSSR count). The first-order valence-electron chi connectivity index (χ1n) is 5.43. The quantitative estimate of drug-likeness (QED) is 0.517. The van der Waals surface area contributed by atoms with Crippen LogP contribution in [0.1, 0.15) is 5.56 Å². The molecular weight excluding hydrogens is 268 g/mol. The number of thiophene rings is 1. The SMILES string of the molecule is O=c1cc(-c2ccsc2)c2ccc(CCl)cc2o1. The molecule has 0 saturated carbocycles. The Labute approximate surface area is 112 Å². The van der Waals surface area contributed by atoms with Crippen molar-refractivity contribution in [3.63, 3.8) is 0 Å². The van der Waals surface area contributed by atoms with E-state index in [-0.39, 0.29) is 5.63 Å². The molecule has 4 heteroatoms. The topological polar surface area (TPSA) is 30.2 Å². The molecule has 0 spiro atoms. The molecule has 0 fully saturated rings. The molecular formula is C14H9ClO2S. The number of hydrogen-bond donors (Lipinski definition) is 0. The van der Waals surface area contributed by atoms with E-state index in [1.807, 2.05) is 35.0 Å². The fourth-order valence-corrected chi connectivity index (χ4v) is 2.77. The summed E-state index contributed by atoms with van der Waals surface area (Å²) in [5, 5.41) is 4.94. The summed E-state index contributed by atoms with van der Waals surface area (Å²) in [6, 6.07) is 9.24. The number of alkyl halides is 1. The van der Waals surface area contributed by atoms with Gasteiger partial charge in [-0.25, -0.2) is 4.79 Å². The minimum Gasteiger partial charge on any atom is -0.423 e. The third-order valence-corrected chi connectivity index (χ3v) is 3.79. The summed E-state index contributed by atoms with van der Waals surface area (Å²) in [5.74, 6) is 0.405. The Bertz CT molecular complexity index is 744. The Kier molecular flexibility index (Phi) is 2.94. The van der Waals surface area contributed by atoms with Crippen LogP contribution in [0.4, 0.5) is 0 Å². The molecule has 0 aliphatic carbocycles. The summed E-state index contributed by atoms with van der Waals surface area (Å²) in [6.07, 6.45) is 0. The van der Waals surface area contributed by atoms with Gasteiger partial charge >= 0.3 is 5.63 Å². The van der Waals surface area contributed by atoms with Gasteiger partial charge in [0.2, 0.25) is 0 Å². The Morgan fingerprint density at radius 2 is 2.11 bits per heavy atom. The Morgan fingerprint density at radius 1 is 1.22 bits per heavy atom. The molecule has 0 aliphatic rings. The van der Waals surface area contributed by atoms with Crippen LogP contribution in [0.25, 0.3) is 22.1 Å². The lowest BCUT2D eigenvalue weighted by atomic mass is 10.0. The lowest BCUT2D eigenvalue weighted by molar-refractivity contribution is 0.561. The molecule has 18 heavy (non-hydrogen) atoms. The minimum atomic E-state index is -0.338. The summed E-state index contributed by atoms with van der Waals surface area (Å²) in [7, 11) is 0. The molecule has 0 bridgehead atoms. The van der Waals surface area contributed by atoms with Crippen molar-refractivity contribution in [3.05, 3.63) is 57.1 Å². The van der Waals surface area contributed by atoms with Gasteiger partial charge in [0.05, 0.1) is 0 Å². The zero-order valence-corrected chi connectivity index (χ0v) is 10.9. The lowest BCUT2D eigenvalue weighted by Crippen LogP contribution is -1.98. The third kappa shape index (κ3) is 1.96. The van der Waals surface area contributed by atoms with Gasteiger partial charge in [-0.2, -0.15) is 11.3 Å². The normalized spacial score (nSPS) is 10.9. The molecule has 0 amide bonds. The molecule has 0 atom stereocenters. The van der Waals surface area contributed by atoms with Gasteiger partial charge in [0.1, 0.15) is 5.58 Å². The van der Waals surface area contributed by atoms with E-state index in [4.69, 9.17) is 16.0 Å². The third-order valence-electron chi connectivity index (χ3n) is 2.80. The van der Waals surface area contributed by atoms with Crippen LogP contribution in [0.5, 0.6) is 0 Å². The minimum absolute atomic E-state index is 0.338. The second kappa shape index (κ2) is 4.59. The van der Waals surface area contributed by atoms with Crippen LogP contribution in [0, 0.1) is 0 Å². The summed E-state index contributed by atoms with van der Waals surface area (Å²) in [6.45, 7) is 0. The van der Waals surface area contributed by atoms with Crippen LogP contribution < -0.4 is 5.63 Å². The number of hydrogen-bond acceptors (Lipinski definition) is 3. The molecule has 0 unspecified atom stereocenters. The molecule has 3 aromatic rings. The van der Waals surface area contributed by atoms with Crippen LogP contribution in [0.15, 0.2) is 50.3 Å². The van der Waals surface area contributed by atoms with Crippen molar-refractivity contribution in [3.8, 4) is 11.1 Å². The second-order valence-corrected chi connectivity index (χ2v) is 5.00. The van der Waals surface area contributed by atoms with Crippen molar-refractivity contribution in [2.75, 3.05) is 0 Å². The van der Waals surface area contributed by atoms with Crippen LogP contribution in [0.2, 0.25) is 0 Å². The molecule has 2 heterocycles. The summed E-state index contributed by atoms with van der Waals surface area (Å²) in [4.78, 5) is 11.6. The van der Waals surface area contributed by atoms with Crippen LogP contribution >= 0.6 is 22.9 Å². The van der Waals surface area contributed by atoms with Gasteiger partial charge in [-0.05, 0) is 34.0 Å². The number of fused-ring (bicyclic) bond motifs is 1. The fraction of sp³-hybridized carbons (Fsp3) is 0.0714. The molecule has 0 N–H and O–H groups in total. The molecule has 2 aromatic heterocycles. The zero-order chi connectivity index (χ0) is 12.5. The lowest BCUT2D eigenvalue weighted by Gasteiger charge is -2.04. The maximum atomic E-state index is 11.6. The van der Waals surface area contributed by atoms with Gasteiger partial charge < -0.3 is 4.42 Å². The maximum Gasteiger partial charge on any atom is 0.336 e. The van der Waals surface area contributed by atoms with Crippen LogP contribution in [-0.2, 0) is 5.88 Å². The highest BCUT2D eigenvalue weighted by Crippen LogP contribution is 2.29. The Hall–Kier alpha value is -1.58. The monoisotopic (exact) mass is 276 g/mol. The van der Waals surface area contributed by atoms with Crippen molar-refractivity contribution >= 4 is 33.9 Å². The van der Waals surface area contributed by atoms with Gasteiger partial charge in [-0.15, -0.1) is 11.6 Å². The smallest absolute Gasteiger partial charge is 0.336 e. The van der Waals surface area contributed by atoms with Crippen molar-refractivity contribution in [2.45, 2.75) is 5.88 Å². The van der Waals surface area contributed by atoms with E-state index in [0.29, 0.717) is 11.5 Å². The first kappa shape index (κ1) is 11.5. The second-order valence-electron chi connectivity index (χ2n) is 3.96. The van der Waals surface area contributed by atoms with Crippen molar-refractivity contribution in [1.82, 2.24) is 0 Å². The molecule has 0 aliphatic heterocycles. The molecule has 2 nitrogen and oxygen atoms in total. The Balaban J connectivity index is 2.35. The van der Waals surface area contributed by atoms with E-state index >= 15 is 0 Å². The van der Waals surface area contributed by atoms with Crippen molar-refractivity contribution in [2.24, 2.45) is 0 Å². The average molecular weight is 277 g/mol. The first-order chi connectivity index (χ1) is 8.78. The molecule has 0 radical (unpaired) electrons. The molecule has 0 saturated heterocycles. The predicted octanol–water partition coefficient (Wildman–Crippen LogP) is 4.26. The van der Waals surface area contributed by atoms with Crippen LogP contribution in [-0.4, -0.2) is 0 Å². The fourth-order valence-electron chi connectivity index (χ4n) is 1.95. The number of rotatable bonds is 2. The highest BCUT2D eigenvalue weighted by atomic mass is 35.5. The van der Waals surface area contributed by atoms with Crippen molar-refractivity contribution < 1.29 is 4.42 Å². The number of benzene rings is 1. The highest BCUT2D eigenvalue weighted by molar-refractivity contribution is 7.08. The van der Waals surface area contributed by atoms with E-state index in [9.17, 15) is 4.79 Å². The van der Waals surface area contributed by atoms with Gasteiger partial charge in [-0.3, -0.25) is 0 Å². The van der Waals surface area contributed by atoms with Gasteiger partial charge in [0, 0.05) is 22.9 Å². The summed E-state index contributed by atoms with van der Waals surface area (Å²) in [5.41, 5.74) is 3.13. The van der Waals surface area contributed by atoms with Gasteiger partial charge in [0.25, 0.3) is 0 Å². The summed E-state index contributed by atoms with van der Waals surface area (Å²) < 4.78 is 5.23. The highest BCUT2D eigenvalue weighted by Gasteiger charge is 2.08. The molecule has 90 valence electrons. The van der Waals surface area contributed by atoms with Crippen LogP contribution in [0.3, 0.4) is 0 Å². The Morgan fingerprint density at radius 3 is 2.83 bits per heavy atom. The average Bonchev–Trinajstić information content (AvgIpc) is 2.90. The van der Waals surface area contributed by atoms with E-state index in [1.54, 1.807) is 11.3 Å². The van der Waals surface area contributed by atoms with E-state index in [0.717, 1.165) is 22.1 Å². The van der Waals surface area contributed by atoms with Crippen molar-refractivity contribution in [1.29, 1.82) is 0 Å². The zero-order valence-electron chi connectivity index (χ0n) is 9.35. The standard InChI is InChI=1S/C14H9ClO2S/c15-7-9-1-2-11-12(10-3-4-18-8-10)6-14(16)17-13(11)5-9/h1-6,8H,7H2. The molecule has 1 aromatic carbocycles. The number of halogens is 1. The van der Waals surface area contributed by atoms with E-state index < -0.39 is 0 Å². The maximum absolute atomic E-state index is 11.6. The first-order valence-corrected chi connectivity index (χ1v) is 6.91. The van der Waals surface area contributed by atoms with Gasteiger partial charge in [0.15, 0.2) is 0 Å². The largest absolute Gasteiger partial charge is 0.423 e. The van der Waals surface area contributed by atoms with E-state index in [1.165, 1.54) is 6.07 Å². The van der Waals surface area contributed by atoms with Gasteiger partial charge in [-0.1, -0.05) is 12.1 Å². The predicted molar refractivity (Wildman–Crippen MR) is 75.4 cm³/mol. The van der Waals surface area contributed by atoms with E-state index in [2.05, 4.69) is 0 Å². The summed E-state index contributed by atoms with van der Waals surface area (Å²) >= 11 is 7.39.